The van der Waals surface area contributed by atoms with Crippen LogP contribution in [0.5, 0.6) is 5.75 Å². The van der Waals surface area contributed by atoms with E-state index in [9.17, 15) is 9.90 Å². The number of ether oxygens (including phenoxy) is 1. The van der Waals surface area contributed by atoms with Crippen LogP contribution >= 0.6 is 0 Å². The quantitative estimate of drug-likeness (QED) is 0.880. The molecule has 0 unspecified atom stereocenters. The van der Waals surface area contributed by atoms with Gasteiger partial charge in [0.05, 0.1) is 25.1 Å². The largest absolute Gasteiger partial charge is 0.508 e. The van der Waals surface area contributed by atoms with Gasteiger partial charge in [-0.3, -0.25) is 4.79 Å². The molecular weight excluding hydrogens is 306 g/mol. The second-order valence-corrected chi connectivity index (χ2v) is 5.68. The topological polar surface area (TPSA) is 74.7 Å². The van der Waals surface area contributed by atoms with Crippen LogP contribution in [-0.2, 0) is 16.0 Å². The average Bonchev–Trinajstić information content (AvgIpc) is 2.62. The summed E-state index contributed by atoms with van der Waals surface area (Å²) in [4.78, 5) is 18.6. The van der Waals surface area contributed by atoms with E-state index >= 15 is 0 Å². The first-order chi connectivity index (χ1) is 11.7. The number of carbonyl (C=O) groups excluding carboxylic acids is 1. The molecule has 3 rings (SSSR count). The Balaban J connectivity index is 1.52. The molecule has 0 bridgehead atoms. The van der Waals surface area contributed by atoms with Gasteiger partial charge in [0.1, 0.15) is 11.6 Å². The lowest BCUT2D eigenvalue weighted by atomic mass is 10.1. The molecule has 126 valence electrons. The fourth-order valence-corrected chi connectivity index (χ4v) is 2.63. The van der Waals surface area contributed by atoms with Crippen LogP contribution in [0.25, 0.3) is 0 Å². The molecular formula is C18H21N3O3. The fraction of sp³-hybridized carbons (Fsp3) is 0.333. The second kappa shape index (κ2) is 7.79. The van der Waals surface area contributed by atoms with Crippen molar-refractivity contribution in [3.63, 3.8) is 0 Å². The standard InChI is InChI=1S/C18H21N3O3/c22-16-4-2-1-3-14(16)5-8-18(23)20-15-6-7-17(19-13-15)21-9-11-24-12-10-21/h1-4,6-7,13,22H,5,8-12H2,(H,20,23). The van der Waals surface area contributed by atoms with Gasteiger partial charge in [-0.25, -0.2) is 4.98 Å². The predicted molar refractivity (Wildman–Crippen MR) is 92.3 cm³/mol. The van der Waals surface area contributed by atoms with Crippen LogP contribution in [-0.4, -0.2) is 42.3 Å². The first-order valence-electron chi connectivity index (χ1n) is 8.08. The van der Waals surface area contributed by atoms with Gasteiger partial charge in [-0.05, 0) is 30.2 Å². The fourth-order valence-electron chi connectivity index (χ4n) is 2.63. The van der Waals surface area contributed by atoms with Crippen molar-refractivity contribution in [3.05, 3.63) is 48.2 Å². The van der Waals surface area contributed by atoms with Gasteiger partial charge < -0.3 is 20.1 Å². The molecule has 24 heavy (non-hydrogen) atoms. The Morgan fingerprint density at radius 3 is 2.71 bits per heavy atom. The van der Waals surface area contributed by atoms with E-state index in [1.54, 1.807) is 18.3 Å². The van der Waals surface area contributed by atoms with E-state index in [0.717, 1.165) is 24.5 Å². The third-order valence-electron chi connectivity index (χ3n) is 3.98. The number of aryl methyl sites for hydroxylation is 1. The van der Waals surface area contributed by atoms with Crippen LogP contribution in [0.1, 0.15) is 12.0 Å². The Morgan fingerprint density at radius 1 is 1.21 bits per heavy atom. The Kier molecular flexibility index (Phi) is 5.28. The lowest BCUT2D eigenvalue weighted by Gasteiger charge is -2.27. The Labute approximate surface area is 141 Å². The molecule has 1 aliphatic heterocycles. The molecule has 1 fully saturated rings. The summed E-state index contributed by atoms with van der Waals surface area (Å²) in [6.07, 6.45) is 2.48. The highest BCUT2D eigenvalue weighted by Gasteiger charge is 2.12. The van der Waals surface area contributed by atoms with E-state index in [1.807, 2.05) is 24.3 Å². The number of amides is 1. The molecule has 0 spiro atoms. The number of morpholine rings is 1. The third kappa shape index (κ3) is 4.23. The van der Waals surface area contributed by atoms with Gasteiger partial charge in [-0.2, -0.15) is 0 Å². The predicted octanol–water partition coefficient (Wildman–Crippen LogP) is 2.20. The number of rotatable bonds is 5. The number of hydrogen-bond donors (Lipinski definition) is 2. The zero-order chi connectivity index (χ0) is 16.8. The Morgan fingerprint density at radius 2 is 2.00 bits per heavy atom. The van der Waals surface area contributed by atoms with Crippen molar-refractivity contribution in [2.24, 2.45) is 0 Å². The molecule has 1 saturated heterocycles. The zero-order valence-electron chi connectivity index (χ0n) is 13.4. The second-order valence-electron chi connectivity index (χ2n) is 5.68. The summed E-state index contributed by atoms with van der Waals surface area (Å²) in [7, 11) is 0. The van der Waals surface area contributed by atoms with Crippen molar-refractivity contribution in [1.29, 1.82) is 0 Å². The number of carbonyl (C=O) groups is 1. The number of aromatic nitrogens is 1. The molecule has 1 aromatic carbocycles. The van der Waals surface area contributed by atoms with Gasteiger partial charge in [0.15, 0.2) is 0 Å². The monoisotopic (exact) mass is 327 g/mol. The summed E-state index contributed by atoms with van der Waals surface area (Å²) in [5.41, 5.74) is 1.45. The lowest BCUT2D eigenvalue weighted by molar-refractivity contribution is -0.116. The number of benzene rings is 1. The van der Waals surface area contributed by atoms with Crippen LogP contribution in [0.2, 0.25) is 0 Å². The average molecular weight is 327 g/mol. The molecule has 0 atom stereocenters. The normalized spacial score (nSPS) is 14.4. The van der Waals surface area contributed by atoms with Crippen molar-refractivity contribution < 1.29 is 14.6 Å². The van der Waals surface area contributed by atoms with E-state index in [4.69, 9.17) is 4.74 Å². The van der Waals surface area contributed by atoms with Gasteiger partial charge in [-0.15, -0.1) is 0 Å². The minimum absolute atomic E-state index is 0.0980. The Hall–Kier alpha value is -2.60. The molecule has 0 saturated carbocycles. The molecule has 1 amide bonds. The van der Waals surface area contributed by atoms with Crippen LogP contribution < -0.4 is 10.2 Å². The highest BCUT2D eigenvalue weighted by atomic mass is 16.5. The number of phenols is 1. The minimum Gasteiger partial charge on any atom is -0.508 e. The van der Waals surface area contributed by atoms with E-state index in [1.165, 1.54) is 0 Å². The minimum atomic E-state index is -0.0980. The van der Waals surface area contributed by atoms with Crippen LogP contribution in [0.15, 0.2) is 42.6 Å². The van der Waals surface area contributed by atoms with Crippen molar-refractivity contribution >= 4 is 17.4 Å². The SMILES string of the molecule is O=C(CCc1ccccc1O)Nc1ccc(N2CCOCC2)nc1. The summed E-state index contributed by atoms with van der Waals surface area (Å²) < 4.78 is 5.33. The van der Waals surface area contributed by atoms with Crippen molar-refractivity contribution in [2.45, 2.75) is 12.8 Å². The van der Waals surface area contributed by atoms with E-state index in [0.29, 0.717) is 31.7 Å². The number of pyridine rings is 1. The zero-order valence-corrected chi connectivity index (χ0v) is 13.4. The highest BCUT2D eigenvalue weighted by molar-refractivity contribution is 5.90. The number of anilines is 2. The van der Waals surface area contributed by atoms with Gasteiger partial charge >= 0.3 is 0 Å². The number of phenolic OH excluding ortho intramolecular Hbond substituents is 1. The molecule has 1 aliphatic rings. The molecule has 6 nitrogen and oxygen atoms in total. The first-order valence-corrected chi connectivity index (χ1v) is 8.08. The van der Waals surface area contributed by atoms with Crippen LogP contribution in [0.3, 0.4) is 0 Å². The molecule has 0 aliphatic carbocycles. The summed E-state index contributed by atoms with van der Waals surface area (Å²) in [6, 6.07) is 10.8. The summed E-state index contributed by atoms with van der Waals surface area (Å²) in [6.45, 7) is 3.09. The lowest BCUT2D eigenvalue weighted by Crippen LogP contribution is -2.36. The van der Waals surface area contributed by atoms with Gasteiger partial charge in [0.25, 0.3) is 0 Å². The number of aromatic hydroxyl groups is 1. The first kappa shape index (κ1) is 16.3. The van der Waals surface area contributed by atoms with E-state index < -0.39 is 0 Å². The molecule has 2 heterocycles. The molecule has 1 aromatic heterocycles. The summed E-state index contributed by atoms with van der Waals surface area (Å²) in [5.74, 6) is 1.02. The van der Waals surface area contributed by atoms with Gasteiger partial charge in [-0.1, -0.05) is 18.2 Å². The van der Waals surface area contributed by atoms with E-state index in [2.05, 4.69) is 15.2 Å². The van der Waals surface area contributed by atoms with Gasteiger partial charge in [0, 0.05) is 19.5 Å². The molecule has 2 N–H and O–H groups in total. The third-order valence-corrected chi connectivity index (χ3v) is 3.98. The molecule has 0 radical (unpaired) electrons. The Bertz CT molecular complexity index is 682. The summed E-state index contributed by atoms with van der Waals surface area (Å²) in [5, 5.41) is 12.5. The van der Waals surface area contributed by atoms with Crippen molar-refractivity contribution in [2.75, 3.05) is 36.5 Å². The summed E-state index contributed by atoms with van der Waals surface area (Å²) >= 11 is 0. The maximum atomic E-state index is 12.0. The van der Waals surface area contributed by atoms with E-state index in [-0.39, 0.29) is 11.7 Å². The number of nitrogens with zero attached hydrogens (tertiary/aromatic N) is 2. The number of para-hydroxylation sites is 1. The highest BCUT2D eigenvalue weighted by Crippen LogP contribution is 2.18. The maximum Gasteiger partial charge on any atom is 0.224 e. The van der Waals surface area contributed by atoms with Crippen LogP contribution in [0, 0.1) is 0 Å². The smallest absolute Gasteiger partial charge is 0.224 e. The van der Waals surface area contributed by atoms with Crippen LogP contribution in [0.4, 0.5) is 11.5 Å². The molecule has 2 aromatic rings. The van der Waals surface area contributed by atoms with Gasteiger partial charge in [0.2, 0.25) is 5.91 Å². The van der Waals surface area contributed by atoms with Crippen molar-refractivity contribution in [3.8, 4) is 5.75 Å². The van der Waals surface area contributed by atoms with Crippen molar-refractivity contribution in [1.82, 2.24) is 4.98 Å². The molecule has 6 heteroatoms. The maximum absolute atomic E-state index is 12.0. The number of nitrogens with one attached hydrogen (secondary N) is 1. The number of hydrogen-bond acceptors (Lipinski definition) is 5.